The summed E-state index contributed by atoms with van der Waals surface area (Å²) in [5.74, 6) is 0.305. The summed E-state index contributed by atoms with van der Waals surface area (Å²) in [5.41, 5.74) is 0.952. The van der Waals surface area contributed by atoms with Crippen LogP contribution in [0.4, 0.5) is 10.4 Å². The summed E-state index contributed by atoms with van der Waals surface area (Å²) in [4.78, 5) is 0. The number of nitrogens with zero attached hydrogens (tertiary/aromatic N) is 2. The van der Waals surface area contributed by atoms with Crippen LogP contribution >= 0.6 is 0 Å². The van der Waals surface area contributed by atoms with Gasteiger partial charge in [-0.15, -0.1) is 5.10 Å². The summed E-state index contributed by atoms with van der Waals surface area (Å²) < 4.78 is 18.5. The van der Waals surface area contributed by atoms with Crippen LogP contribution in [0.15, 0.2) is 28.7 Å². The lowest BCUT2D eigenvalue weighted by Crippen LogP contribution is -2.19. The Bertz CT molecular complexity index is 555. The molecule has 0 fully saturated rings. The number of hydrogen-bond donors (Lipinski definition) is 2. The van der Waals surface area contributed by atoms with Crippen LogP contribution in [0, 0.1) is 5.82 Å². The van der Waals surface area contributed by atoms with Crippen LogP contribution in [0.25, 0.3) is 0 Å². The quantitative estimate of drug-likeness (QED) is 0.818. The molecule has 21 heavy (non-hydrogen) atoms. The van der Waals surface area contributed by atoms with Gasteiger partial charge >= 0.3 is 6.01 Å². The van der Waals surface area contributed by atoms with Crippen molar-refractivity contribution >= 4 is 6.01 Å². The number of halogens is 1. The molecule has 0 aliphatic carbocycles. The molecule has 0 bridgehead atoms. The molecule has 2 aromatic rings. The third-order valence-corrected chi connectivity index (χ3v) is 3.22. The van der Waals surface area contributed by atoms with Gasteiger partial charge < -0.3 is 15.1 Å². The molecular formula is C15H21FN4O. The second-order valence-electron chi connectivity index (χ2n) is 5.04. The molecule has 1 aromatic heterocycles. The molecule has 1 aromatic carbocycles. The molecule has 0 spiro atoms. The lowest BCUT2D eigenvalue weighted by molar-refractivity contribution is 0.421. The molecule has 0 aliphatic rings. The maximum Gasteiger partial charge on any atom is 0.315 e. The molecule has 1 heterocycles. The fourth-order valence-electron chi connectivity index (χ4n) is 1.94. The van der Waals surface area contributed by atoms with Crippen molar-refractivity contribution in [3.63, 3.8) is 0 Å². The van der Waals surface area contributed by atoms with Crippen molar-refractivity contribution in [2.24, 2.45) is 0 Å². The first kappa shape index (κ1) is 15.4. The number of nitrogens with one attached hydrogen (secondary N) is 2. The van der Waals surface area contributed by atoms with Crippen molar-refractivity contribution in [3.8, 4) is 0 Å². The SMILES string of the molecule is CCCNC(C)c1nnc(NC(C)c2ccc(F)cc2)o1. The minimum atomic E-state index is -0.248. The minimum absolute atomic E-state index is 0.0223. The van der Waals surface area contributed by atoms with Crippen molar-refractivity contribution in [1.29, 1.82) is 0 Å². The van der Waals surface area contributed by atoms with Gasteiger partial charge in [-0.05, 0) is 44.5 Å². The van der Waals surface area contributed by atoms with Crippen LogP contribution in [-0.4, -0.2) is 16.7 Å². The first-order valence-corrected chi connectivity index (χ1v) is 7.19. The van der Waals surface area contributed by atoms with Crippen LogP contribution in [-0.2, 0) is 0 Å². The van der Waals surface area contributed by atoms with E-state index in [2.05, 4.69) is 27.8 Å². The Hall–Kier alpha value is -1.95. The summed E-state index contributed by atoms with van der Waals surface area (Å²) in [6, 6.07) is 6.68. The van der Waals surface area contributed by atoms with E-state index in [-0.39, 0.29) is 17.9 Å². The van der Waals surface area contributed by atoms with Crippen molar-refractivity contribution < 1.29 is 8.81 Å². The standard InChI is InChI=1S/C15H21FN4O/c1-4-9-17-11(3)14-19-20-15(21-14)18-10(2)12-5-7-13(16)8-6-12/h5-8,10-11,17H,4,9H2,1-3H3,(H,18,20). The van der Waals surface area contributed by atoms with Gasteiger partial charge in [-0.1, -0.05) is 24.2 Å². The fourth-order valence-corrected chi connectivity index (χ4v) is 1.94. The Morgan fingerprint density at radius 2 is 1.86 bits per heavy atom. The Balaban J connectivity index is 1.97. The summed E-state index contributed by atoms with van der Waals surface area (Å²) in [6.07, 6.45) is 1.05. The number of hydrogen-bond acceptors (Lipinski definition) is 5. The van der Waals surface area contributed by atoms with Crippen molar-refractivity contribution in [3.05, 3.63) is 41.5 Å². The first-order valence-electron chi connectivity index (χ1n) is 7.19. The molecule has 2 atom stereocenters. The minimum Gasteiger partial charge on any atom is -0.406 e. The molecule has 0 saturated carbocycles. The molecule has 0 saturated heterocycles. The highest BCUT2D eigenvalue weighted by Crippen LogP contribution is 2.20. The number of benzene rings is 1. The van der Waals surface area contributed by atoms with E-state index in [1.165, 1.54) is 12.1 Å². The smallest absolute Gasteiger partial charge is 0.315 e. The van der Waals surface area contributed by atoms with Gasteiger partial charge in [-0.2, -0.15) is 0 Å². The van der Waals surface area contributed by atoms with Crippen LogP contribution in [0.5, 0.6) is 0 Å². The largest absolute Gasteiger partial charge is 0.406 e. The topological polar surface area (TPSA) is 63.0 Å². The molecule has 5 nitrogen and oxygen atoms in total. The molecule has 0 aliphatic heterocycles. The maximum absolute atomic E-state index is 12.9. The summed E-state index contributed by atoms with van der Waals surface area (Å²) >= 11 is 0. The molecule has 2 rings (SSSR count). The van der Waals surface area contributed by atoms with E-state index in [0.29, 0.717) is 11.9 Å². The average Bonchev–Trinajstić information content (AvgIpc) is 2.94. The second kappa shape index (κ2) is 7.17. The lowest BCUT2D eigenvalue weighted by atomic mass is 10.1. The van der Waals surface area contributed by atoms with Gasteiger partial charge in [0.15, 0.2) is 0 Å². The zero-order valence-electron chi connectivity index (χ0n) is 12.6. The Kier molecular flexibility index (Phi) is 5.27. The van der Waals surface area contributed by atoms with E-state index in [1.54, 1.807) is 12.1 Å². The monoisotopic (exact) mass is 292 g/mol. The first-order chi connectivity index (χ1) is 10.1. The van der Waals surface area contributed by atoms with E-state index in [9.17, 15) is 4.39 Å². The van der Waals surface area contributed by atoms with E-state index < -0.39 is 0 Å². The lowest BCUT2D eigenvalue weighted by Gasteiger charge is -2.12. The van der Waals surface area contributed by atoms with E-state index in [1.807, 2.05) is 13.8 Å². The van der Waals surface area contributed by atoms with Gasteiger partial charge in [-0.25, -0.2) is 4.39 Å². The highest BCUT2D eigenvalue weighted by Gasteiger charge is 2.15. The predicted molar refractivity (Wildman–Crippen MR) is 79.4 cm³/mol. The van der Waals surface area contributed by atoms with Gasteiger partial charge in [0.1, 0.15) is 5.82 Å². The van der Waals surface area contributed by atoms with Gasteiger partial charge in [0.25, 0.3) is 0 Å². The molecule has 6 heteroatoms. The van der Waals surface area contributed by atoms with Crippen LogP contribution in [0.1, 0.15) is 50.7 Å². The Labute approximate surface area is 124 Å². The fraction of sp³-hybridized carbons (Fsp3) is 0.467. The number of aromatic nitrogens is 2. The van der Waals surface area contributed by atoms with Crippen LogP contribution in [0.3, 0.4) is 0 Å². The van der Waals surface area contributed by atoms with Gasteiger partial charge in [0.2, 0.25) is 5.89 Å². The van der Waals surface area contributed by atoms with Gasteiger partial charge in [0.05, 0.1) is 12.1 Å². The average molecular weight is 292 g/mol. The molecule has 2 unspecified atom stereocenters. The van der Waals surface area contributed by atoms with E-state index >= 15 is 0 Å². The van der Waals surface area contributed by atoms with Crippen molar-refractivity contribution in [2.45, 2.75) is 39.3 Å². The van der Waals surface area contributed by atoms with Crippen molar-refractivity contribution in [2.75, 3.05) is 11.9 Å². The third-order valence-electron chi connectivity index (χ3n) is 3.22. The molecule has 0 amide bonds. The van der Waals surface area contributed by atoms with Gasteiger partial charge in [-0.3, -0.25) is 0 Å². The second-order valence-corrected chi connectivity index (χ2v) is 5.04. The summed E-state index contributed by atoms with van der Waals surface area (Å²) in [6.45, 7) is 6.94. The predicted octanol–water partition coefficient (Wildman–Crippen LogP) is 3.44. The van der Waals surface area contributed by atoms with Gasteiger partial charge in [0, 0.05) is 0 Å². The molecule has 114 valence electrons. The number of rotatable bonds is 7. The van der Waals surface area contributed by atoms with E-state index in [4.69, 9.17) is 4.42 Å². The van der Waals surface area contributed by atoms with Crippen molar-refractivity contribution in [1.82, 2.24) is 15.5 Å². The number of anilines is 1. The zero-order chi connectivity index (χ0) is 15.2. The third kappa shape index (κ3) is 4.26. The van der Waals surface area contributed by atoms with Crippen LogP contribution in [0.2, 0.25) is 0 Å². The highest BCUT2D eigenvalue weighted by atomic mass is 19.1. The molecule has 0 radical (unpaired) electrons. The normalized spacial score (nSPS) is 13.9. The maximum atomic E-state index is 12.9. The Morgan fingerprint density at radius 1 is 1.14 bits per heavy atom. The highest BCUT2D eigenvalue weighted by molar-refractivity contribution is 5.28. The Morgan fingerprint density at radius 3 is 2.52 bits per heavy atom. The zero-order valence-corrected chi connectivity index (χ0v) is 12.6. The molecular weight excluding hydrogens is 271 g/mol. The van der Waals surface area contributed by atoms with Crippen LogP contribution < -0.4 is 10.6 Å². The summed E-state index contributed by atoms with van der Waals surface area (Å²) in [5, 5.41) is 14.4. The molecule has 2 N–H and O–H groups in total. The summed E-state index contributed by atoms with van der Waals surface area (Å²) in [7, 11) is 0. The van der Waals surface area contributed by atoms with E-state index in [0.717, 1.165) is 18.5 Å².